The zero-order valence-electron chi connectivity index (χ0n) is 11.7. The van der Waals surface area contributed by atoms with Crippen molar-refractivity contribution in [2.75, 3.05) is 18.4 Å². The molecule has 4 heteroatoms. The number of β-amino-alcohol motifs (C(OH)–C–C–N with tert-alkyl or cyclic N) is 1. The van der Waals surface area contributed by atoms with Crippen LogP contribution in [0.2, 0.25) is 0 Å². The topological polar surface area (TPSA) is 52.6 Å². The Labute approximate surface area is 124 Å². The molecule has 1 aliphatic rings. The van der Waals surface area contributed by atoms with E-state index in [1.165, 1.54) is 0 Å². The number of benzene rings is 2. The third-order valence-corrected chi connectivity index (χ3v) is 3.59. The first-order valence-corrected chi connectivity index (χ1v) is 7.06. The van der Waals surface area contributed by atoms with E-state index in [0.29, 0.717) is 5.56 Å². The fraction of sp³-hybridized carbons (Fsp3) is 0.235. The smallest absolute Gasteiger partial charge is 0.255 e. The minimum Gasteiger partial charge on any atom is -0.390 e. The number of anilines is 1. The fourth-order valence-electron chi connectivity index (χ4n) is 2.42. The molecule has 1 aliphatic heterocycles. The van der Waals surface area contributed by atoms with E-state index in [-0.39, 0.29) is 12.0 Å². The van der Waals surface area contributed by atoms with Gasteiger partial charge in [-0.3, -0.25) is 9.69 Å². The molecule has 2 aromatic rings. The van der Waals surface area contributed by atoms with Crippen molar-refractivity contribution >= 4 is 11.6 Å². The highest BCUT2D eigenvalue weighted by Gasteiger charge is 2.23. The lowest BCUT2D eigenvalue weighted by atomic mass is 10.1. The van der Waals surface area contributed by atoms with Crippen LogP contribution in [0, 0.1) is 0 Å². The molecule has 0 spiro atoms. The molecule has 0 aliphatic carbocycles. The first-order chi connectivity index (χ1) is 10.2. The molecule has 0 aromatic heterocycles. The van der Waals surface area contributed by atoms with E-state index in [4.69, 9.17) is 0 Å². The molecular formula is C17H18N2O2. The van der Waals surface area contributed by atoms with E-state index in [1.807, 2.05) is 54.6 Å². The van der Waals surface area contributed by atoms with Gasteiger partial charge in [0.1, 0.15) is 0 Å². The largest absolute Gasteiger partial charge is 0.390 e. The first kappa shape index (κ1) is 13.8. The maximum Gasteiger partial charge on any atom is 0.255 e. The number of hydrogen-bond donors (Lipinski definition) is 2. The summed E-state index contributed by atoms with van der Waals surface area (Å²) >= 11 is 0. The summed E-state index contributed by atoms with van der Waals surface area (Å²) < 4.78 is 0. The van der Waals surface area contributed by atoms with Gasteiger partial charge in [0.05, 0.1) is 6.10 Å². The van der Waals surface area contributed by atoms with Crippen molar-refractivity contribution in [2.24, 2.45) is 0 Å². The fourth-order valence-corrected chi connectivity index (χ4v) is 2.42. The molecule has 2 N–H and O–H groups in total. The van der Waals surface area contributed by atoms with Gasteiger partial charge in [-0.1, -0.05) is 30.3 Å². The zero-order chi connectivity index (χ0) is 14.7. The lowest BCUT2D eigenvalue weighted by Gasteiger charge is -2.35. The van der Waals surface area contributed by atoms with Crippen LogP contribution in [-0.2, 0) is 6.54 Å². The summed E-state index contributed by atoms with van der Waals surface area (Å²) in [6, 6.07) is 17.0. The molecule has 1 saturated heterocycles. The second-order valence-corrected chi connectivity index (χ2v) is 5.36. The summed E-state index contributed by atoms with van der Waals surface area (Å²) in [6.45, 7) is 2.28. The van der Waals surface area contributed by atoms with E-state index >= 15 is 0 Å². The van der Waals surface area contributed by atoms with Crippen molar-refractivity contribution in [3.8, 4) is 0 Å². The number of para-hydroxylation sites is 1. The highest BCUT2D eigenvalue weighted by atomic mass is 16.3. The van der Waals surface area contributed by atoms with Crippen molar-refractivity contribution < 1.29 is 9.90 Å². The number of aliphatic hydroxyl groups is 1. The quantitative estimate of drug-likeness (QED) is 0.903. The van der Waals surface area contributed by atoms with Crippen LogP contribution >= 0.6 is 0 Å². The van der Waals surface area contributed by atoms with Crippen LogP contribution in [-0.4, -0.2) is 35.1 Å². The van der Waals surface area contributed by atoms with E-state index in [2.05, 4.69) is 10.2 Å². The Bertz CT molecular complexity index is 604. The second kappa shape index (κ2) is 6.08. The van der Waals surface area contributed by atoms with Gasteiger partial charge in [-0.15, -0.1) is 0 Å². The minimum absolute atomic E-state index is 0.105. The number of carbonyl (C=O) groups excluding carboxylic acids is 1. The molecule has 0 saturated carbocycles. The molecule has 0 unspecified atom stereocenters. The van der Waals surface area contributed by atoms with Crippen molar-refractivity contribution in [2.45, 2.75) is 12.6 Å². The maximum absolute atomic E-state index is 12.1. The Morgan fingerprint density at radius 3 is 2.38 bits per heavy atom. The predicted molar refractivity (Wildman–Crippen MR) is 82.1 cm³/mol. The Kier molecular flexibility index (Phi) is 3.99. The number of hydrogen-bond acceptors (Lipinski definition) is 3. The minimum atomic E-state index is -0.180. The SMILES string of the molecule is O=C(Nc1ccccc1)c1ccc(CN2CC(O)C2)cc1. The van der Waals surface area contributed by atoms with E-state index in [0.717, 1.165) is 30.9 Å². The van der Waals surface area contributed by atoms with Gasteiger partial charge in [0.2, 0.25) is 0 Å². The van der Waals surface area contributed by atoms with Crippen LogP contribution < -0.4 is 5.32 Å². The molecule has 1 heterocycles. The van der Waals surface area contributed by atoms with Crippen molar-refractivity contribution in [3.63, 3.8) is 0 Å². The number of amides is 1. The number of likely N-dealkylation sites (tertiary alicyclic amines) is 1. The molecule has 3 rings (SSSR count). The predicted octanol–water partition coefficient (Wildman–Crippen LogP) is 2.12. The van der Waals surface area contributed by atoms with Gasteiger partial charge in [-0.25, -0.2) is 0 Å². The summed E-state index contributed by atoms with van der Waals surface area (Å²) in [7, 11) is 0. The Morgan fingerprint density at radius 2 is 1.76 bits per heavy atom. The van der Waals surface area contributed by atoms with Gasteiger partial charge in [0.15, 0.2) is 0 Å². The van der Waals surface area contributed by atoms with Gasteiger partial charge in [0, 0.05) is 30.9 Å². The number of rotatable bonds is 4. The normalized spacial score (nSPS) is 15.5. The standard InChI is InChI=1S/C17H18N2O2/c20-16-11-19(12-16)10-13-6-8-14(9-7-13)17(21)18-15-4-2-1-3-5-15/h1-9,16,20H,10-12H2,(H,18,21). The molecule has 108 valence electrons. The summed E-state index contributed by atoms with van der Waals surface area (Å²) in [6.07, 6.45) is -0.180. The maximum atomic E-state index is 12.1. The van der Waals surface area contributed by atoms with Gasteiger partial charge in [-0.05, 0) is 29.8 Å². The van der Waals surface area contributed by atoms with Crippen LogP contribution in [0.25, 0.3) is 0 Å². The summed E-state index contributed by atoms with van der Waals surface area (Å²) in [5, 5.41) is 12.1. The van der Waals surface area contributed by atoms with Crippen molar-refractivity contribution in [3.05, 3.63) is 65.7 Å². The van der Waals surface area contributed by atoms with Crippen LogP contribution in [0.1, 0.15) is 15.9 Å². The summed E-state index contributed by atoms with van der Waals surface area (Å²) in [5.74, 6) is -0.105. The van der Waals surface area contributed by atoms with Crippen LogP contribution in [0.3, 0.4) is 0 Å². The van der Waals surface area contributed by atoms with E-state index in [9.17, 15) is 9.90 Å². The van der Waals surface area contributed by atoms with Gasteiger partial charge in [0.25, 0.3) is 5.91 Å². The van der Waals surface area contributed by atoms with E-state index in [1.54, 1.807) is 0 Å². The van der Waals surface area contributed by atoms with Gasteiger partial charge in [-0.2, -0.15) is 0 Å². The number of nitrogens with one attached hydrogen (secondary N) is 1. The summed E-state index contributed by atoms with van der Waals surface area (Å²) in [4.78, 5) is 14.3. The highest BCUT2D eigenvalue weighted by molar-refractivity contribution is 6.04. The molecule has 1 fully saturated rings. The molecule has 0 radical (unpaired) electrons. The Balaban J connectivity index is 1.59. The summed E-state index contributed by atoms with van der Waals surface area (Å²) in [5.41, 5.74) is 2.59. The van der Waals surface area contributed by atoms with E-state index < -0.39 is 0 Å². The molecular weight excluding hydrogens is 264 g/mol. The third-order valence-electron chi connectivity index (χ3n) is 3.59. The molecule has 4 nitrogen and oxygen atoms in total. The van der Waals surface area contributed by atoms with Crippen LogP contribution in [0.4, 0.5) is 5.69 Å². The molecule has 0 atom stereocenters. The van der Waals surface area contributed by atoms with Crippen molar-refractivity contribution in [1.29, 1.82) is 0 Å². The average Bonchev–Trinajstić information content (AvgIpc) is 2.47. The molecule has 1 amide bonds. The van der Waals surface area contributed by atoms with Crippen LogP contribution in [0.5, 0.6) is 0 Å². The lowest BCUT2D eigenvalue weighted by Crippen LogP contribution is -2.49. The lowest BCUT2D eigenvalue weighted by molar-refractivity contribution is -0.00286. The van der Waals surface area contributed by atoms with Crippen molar-refractivity contribution in [1.82, 2.24) is 4.90 Å². The molecule has 2 aromatic carbocycles. The Morgan fingerprint density at radius 1 is 1.10 bits per heavy atom. The number of aliphatic hydroxyl groups excluding tert-OH is 1. The molecule has 21 heavy (non-hydrogen) atoms. The monoisotopic (exact) mass is 282 g/mol. The average molecular weight is 282 g/mol. The first-order valence-electron chi connectivity index (χ1n) is 7.06. The van der Waals surface area contributed by atoms with Gasteiger partial charge >= 0.3 is 0 Å². The Hall–Kier alpha value is -2.17. The highest BCUT2D eigenvalue weighted by Crippen LogP contribution is 2.14. The third kappa shape index (κ3) is 3.48. The number of carbonyl (C=O) groups is 1. The second-order valence-electron chi connectivity index (χ2n) is 5.36. The molecule has 0 bridgehead atoms. The van der Waals surface area contributed by atoms with Gasteiger partial charge < -0.3 is 10.4 Å². The zero-order valence-corrected chi connectivity index (χ0v) is 11.7. The number of nitrogens with zero attached hydrogens (tertiary/aromatic N) is 1. The van der Waals surface area contributed by atoms with Crippen LogP contribution in [0.15, 0.2) is 54.6 Å².